The number of ether oxygens (including phenoxy) is 3. The molecule has 1 unspecified atom stereocenters. The lowest BCUT2D eigenvalue weighted by Crippen LogP contribution is -2.10. The smallest absolute Gasteiger partial charge is 0.119 e. The molecule has 27 heavy (non-hydrogen) atoms. The van der Waals surface area contributed by atoms with Gasteiger partial charge in [-0.25, -0.2) is 0 Å². The SMILES string of the molecule is c1ccc2c(c1)Cc1c(-c3ccc(OCCOCC4CO4)cc3)cccc1-2. The van der Waals surface area contributed by atoms with Gasteiger partial charge in [-0.2, -0.15) is 0 Å². The van der Waals surface area contributed by atoms with Crippen molar-refractivity contribution < 1.29 is 14.2 Å². The summed E-state index contributed by atoms with van der Waals surface area (Å²) in [5.74, 6) is 0.876. The minimum atomic E-state index is 0.308. The Morgan fingerprint density at radius 2 is 1.59 bits per heavy atom. The molecule has 0 amide bonds. The standard InChI is InChI=1S/C24H22O3/c1-2-5-22-18(4-1)14-24-21(6-3-7-23(22)24)17-8-10-19(11-9-17)26-13-12-25-15-20-16-27-20/h1-11,20H,12-16H2. The quantitative estimate of drug-likeness (QED) is 0.354. The fourth-order valence-corrected chi connectivity index (χ4v) is 3.76. The molecule has 3 aromatic rings. The van der Waals surface area contributed by atoms with Crippen LogP contribution in [0.15, 0.2) is 66.7 Å². The van der Waals surface area contributed by atoms with Crippen molar-refractivity contribution in [2.45, 2.75) is 12.5 Å². The van der Waals surface area contributed by atoms with Gasteiger partial charge in [0.2, 0.25) is 0 Å². The van der Waals surface area contributed by atoms with Crippen LogP contribution in [0.1, 0.15) is 11.1 Å². The van der Waals surface area contributed by atoms with Gasteiger partial charge in [0.15, 0.2) is 0 Å². The molecule has 2 aliphatic rings. The molecule has 1 fully saturated rings. The highest BCUT2D eigenvalue weighted by Gasteiger charge is 2.22. The minimum absolute atomic E-state index is 0.308. The van der Waals surface area contributed by atoms with Crippen molar-refractivity contribution in [3.8, 4) is 28.0 Å². The molecule has 136 valence electrons. The van der Waals surface area contributed by atoms with E-state index < -0.39 is 0 Å². The van der Waals surface area contributed by atoms with Gasteiger partial charge in [0.05, 0.1) is 19.8 Å². The maximum absolute atomic E-state index is 5.78. The monoisotopic (exact) mass is 358 g/mol. The third kappa shape index (κ3) is 3.48. The van der Waals surface area contributed by atoms with Crippen LogP contribution in [0, 0.1) is 0 Å². The van der Waals surface area contributed by atoms with Crippen molar-refractivity contribution in [1.82, 2.24) is 0 Å². The van der Waals surface area contributed by atoms with E-state index in [9.17, 15) is 0 Å². The fraction of sp³-hybridized carbons (Fsp3) is 0.250. The Kier molecular flexibility index (Phi) is 4.40. The van der Waals surface area contributed by atoms with Gasteiger partial charge in [0, 0.05) is 0 Å². The van der Waals surface area contributed by atoms with Gasteiger partial charge in [-0.05, 0) is 51.9 Å². The van der Waals surface area contributed by atoms with Crippen molar-refractivity contribution in [2.75, 3.05) is 26.4 Å². The van der Waals surface area contributed by atoms with Gasteiger partial charge in [-0.15, -0.1) is 0 Å². The Hall–Kier alpha value is -2.62. The molecule has 5 rings (SSSR count). The zero-order valence-electron chi connectivity index (χ0n) is 15.2. The summed E-state index contributed by atoms with van der Waals surface area (Å²) in [4.78, 5) is 0. The molecule has 1 heterocycles. The maximum Gasteiger partial charge on any atom is 0.119 e. The highest BCUT2D eigenvalue weighted by Crippen LogP contribution is 2.41. The molecule has 3 heteroatoms. The second kappa shape index (κ2) is 7.18. The summed E-state index contributed by atoms with van der Waals surface area (Å²) < 4.78 is 16.4. The molecular weight excluding hydrogens is 336 g/mol. The Bertz CT molecular complexity index is 942. The van der Waals surface area contributed by atoms with Gasteiger partial charge in [0.25, 0.3) is 0 Å². The zero-order chi connectivity index (χ0) is 18.1. The molecule has 1 aliphatic heterocycles. The lowest BCUT2D eigenvalue weighted by Gasteiger charge is -2.11. The third-order valence-electron chi connectivity index (χ3n) is 5.22. The zero-order valence-corrected chi connectivity index (χ0v) is 15.2. The highest BCUT2D eigenvalue weighted by molar-refractivity contribution is 5.84. The van der Waals surface area contributed by atoms with E-state index in [1.54, 1.807) is 0 Å². The van der Waals surface area contributed by atoms with E-state index in [1.807, 2.05) is 12.1 Å². The van der Waals surface area contributed by atoms with Crippen LogP contribution < -0.4 is 4.74 Å². The van der Waals surface area contributed by atoms with Crippen molar-refractivity contribution in [3.63, 3.8) is 0 Å². The summed E-state index contributed by atoms with van der Waals surface area (Å²) in [5.41, 5.74) is 8.10. The van der Waals surface area contributed by atoms with E-state index in [1.165, 1.54) is 33.4 Å². The van der Waals surface area contributed by atoms with E-state index in [2.05, 4.69) is 54.6 Å². The Labute approximate surface area is 159 Å². The minimum Gasteiger partial charge on any atom is -0.491 e. The second-order valence-electron chi connectivity index (χ2n) is 7.07. The molecule has 0 saturated carbocycles. The van der Waals surface area contributed by atoms with Crippen molar-refractivity contribution in [1.29, 1.82) is 0 Å². The lowest BCUT2D eigenvalue weighted by molar-refractivity contribution is 0.0878. The Balaban J connectivity index is 1.28. The molecule has 3 aromatic carbocycles. The Morgan fingerprint density at radius 1 is 0.815 bits per heavy atom. The average molecular weight is 358 g/mol. The molecule has 0 bridgehead atoms. The molecule has 0 aromatic heterocycles. The largest absolute Gasteiger partial charge is 0.491 e. The van der Waals surface area contributed by atoms with E-state index in [4.69, 9.17) is 14.2 Å². The molecule has 0 radical (unpaired) electrons. The summed E-state index contributed by atoms with van der Waals surface area (Å²) in [5, 5.41) is 0. The Morgan fingerprint density at radius 3 is 2.44 bits per heavy atom. The van der Waals surface area contributed by atoms with Gasteiger partial charge in [-0.3, -0.25) is 0 Å². The molecule has 3 nitrogen and oxygen atoms in total. The first-order valence-electron chi connectivity index (χ1n) is 9.51. The fourth-order valence-electron chi connectivity index (χ4n) is 3.76. The number of benzene rings is 3. The first-order chi connectivity index (χ1) is 13.4. The van der Waals surface area contributed by atoms with E-state index in [-0.39, 0.29) is 0 Å². The van der Waals surface area contributed by atoms with Crippen LogP contribution >= 0.6 is 0 Å². The first kappa shape index (κ1) is 16.5. The van der Waals surface area contributed by atoms with Crippen LogP contribution in [0.5, 0.6) is 5.75 Å². The second-order valence-corrected chi connectivity index (χ2v) is 7.07. The van der Waals surface area contributed by atoms with Crippen molar-refractivity contribution in [3.05, 3.63) is 77.9 Å². The van der Waals surface area contributed by atoms with E-state index in [0.717, 1.165) is 18.8 Å². The van der Waals surface area contributed by atoms with Crippen LogP contribution in [-0.4, -0.2) is 32.5 Å². The third-order valence-corrected chi connectivity index (χ3v) is 5.22. The summed E-state index contributed by atoms with van der Waals surface area (Å²) in [6.45, 7) is 2.65. The number of hydrogen-bond acceptors (Lipinski definition) is 3. The molecular formula is C24H22O3. The molecule has 1 saturated heterocycles. The summed E-state index contributed by atoms with van der Waals surface area (Å²) >= 11 is 0. The van der Waals surface area contributed by atoms with Crippen LogP contribution in [0.3, 0.4) is 0 Å². The van der Waals surface area contributed by atoms with Crippen LogP contribution in [-0.2, 0) is 15.9 Å². The number of rotatable bonds is 7. The average Bonchev–Trinajstić information content (AvgIpc) is 3.46. The topological polar surface area (TPSA) is 31.0 Å². The van der Waals surface area contributed by atoms with Gasteiger partial charge >= 0.3 is 0 Å². The van der Waals surface area contributed by atoms with Crippen molar-refractivity contribution >= 4 is 0 Å². The van der Waals surface area contributed by atoms with Gasteiger partial charge in [0.1, 0.15) is 18.5 Å². The molecule has 0 N–H and O–H groups in total. The molecule has 0 spiro atoms. The predicted octanol–water partition coefficient (Wildman–Crippen LogP) is 4.72. The van der Waals surface area contributed by atoms with Gasteiger partial charge < -0.3 is 14.2 Å². The summed E-state index contributed by atoms with van der Waals surface area (Å²) in [6.07, 6.45) is 1.31. The van der Waals surface area contributed by atoms with Crippen LogP contribution in [0.4, 0.5) is 0 Å². The molecule has 1 atom stereocenters. The normalized spacial score (nSPS) is 16.7. The van der Waals surface area contributed by atoms with Crippen LogP contribution in [0.25, 0.3) is 22.3 Å². The summed E-state index contributed by atoms with van der Waals surface area (Å²) in [6, 6.07) is 23.7. The van der Waals surface area contributed by atoms with E-state index in [0.29, 0.717) is 25.9 Å². The van der Waals surface area contributed by atoms with Gasteiger partial charge in [-0.1, -0.05) is 54.6 Å². The van der Waals surface area contributed by atoms with E-state index >= 15 is 0 Å². The van der Waals surface area contributed by atoms with Crippen LogP contribution in [0.2, 0.25) is 0 Å². The highest BCUT2D eigenvalue weighted by atomic mass is 16.6. The van der Waals surface area contributed by atoms with Crippen molar-refractivity contribution in [2.24, 2.45) is 0 Å². The maximum atomic E-state index is 5.78. The first-order valence-corrected chi connectivity index (χ1v) is 9.51. The lowest BCUT2D eigenvalue weighted by atomic mass is 9.96. The number of hydrogen-bond donors (Lipinski definition) is 0. The number of epoxide rings is 1. The predicted molar refractivity (Wildman–Crippen MR) is 106 cm³/mol. The number of fused-ring (bicyclic) bond motifs is 3. The summed E-state index contributed by atoms with van der Waals surface area (Å²) in [7, 11) is 0. The molecule has 1 aliphatic carbocycles.